The molecular formula is C11H15N3O3. The fourth-order valence-electron chi connectivity index (χ4n) is 2.10. The molecule has 0 radical (unpaired) electrons. The monoisotopic (exact) mass is 237 g/mol. The second-order valence-electron chi connectivity index (χ2n) is 4.34. The van der Waals surface area contributed by atoms with Crippen molar-refractivity contribution >= 4 is 11.9 Å². The lowest BCUT2D eigenvalue weighted by Gasteiger charge is -2.30. The van der Waals surface area contributed by atoms with Crippen LogP contribution in [0.5, 0.6) is 0 Å². The molecule has 1 unspecified atom stereocenters. The molecule has 1 aliphatic rings. The van der Waals surface area contributed by atoms with Gasteiger partial charge in [-0.3, -0.25) is 14.7 Å². The van der Waals surface area contributed by atoms with Crippen LogP contribution in [0.3, 0.4) is 0 Å². The number of hydrogen-bond donors (Lipinski definition) is 2. The summed E-state index contributed by atoms with van der Waals surface area (Å²) in [5.74, 6) is -1.41. The van der Waals surface area contributed by atoms with Gasteiger partial charge >= 0.3 is 5.97 Å². The van der Waals surface area contributed by atoms with Crippen molar-refractivity contribution in [3.05, 3.63) is 17.5 Å². The summed E-state index contributed by atoms with van der Waals surface area (Å²) in [5, 5.41) is 15.5. The highest BCUT2D eigenvalue weighted by atomic mass is 16.4. The fraction of sp³-hybridized carbons (Fsp3) is 0.545. The van der Waals surface area contributed by atoms with Crippen LogP contribution in [0.2, 0.25) is 0 Å². The molecule has 0 spiro atoms. The minimum Gasteiger partial charge on any atom is -0.481 e. The van der Waals surface area contributed by atoms with E-state index in [0.29, 0.717) is 30.8 Å². The number of amides is 1. The molecule has 0 aromatic carbocycles. The highest BCUT2D eigenvalue weighted by molar-refractivity contribution is 5.95. The maximum Gasteiger partial charge on any atom is 0.308 e. The Morgan fingerprint density at radius 3 is 2.94 bits per heavy atom. The van der Waals surface area contributed by atoms with E-state index in [-0.39, 0.29) is 5.91 Å². The molecule has 2 heterocycles. The second-order valence-corrected chi connectivity index (χ2v) is 4.34. The SMILES string of the molecule is Cc1[nH]ncc1C(=O)N1CCCC(C(=O)O)C1. The van der Waals surface area contributed by atoms with Crippen molar-refractivity contribution in [2.75, 3.05) is 13.1 Å². The topological polar surface area (TPSA) is 86.3 Å². The molecule has 2 N–H and O–H groups in total. The molecule has 2 rings (SSSR count). The number of aryl methyl sites for hydroxylation is 1. The van der Waals surface area contributed by atoms with Gasteiger partial charge in [-0.05, 0) is 19.8 Å². The first-order chi connectivity index (χ1) is 8.09. The van der Waals surface area contributed by atoms with Crippen molar-refractivity contribution < 1.29 is 14.7 Å². The highest BCUT2D eigenvalue weighted by Crippen LogP contribution is 2.19. The normalized spacial score (nSPS) is 20.3. The van der Waals surface area contributed by atoms with E-state index in [9.17, 15) is 9.59 Å². The van der Waals surface area contributed by atoms with Crippen LogP contribution in [0, 0.1) is 12.8 Å². The standard InChI is InChI=1S/C11H15N3O3/c1-7-9(5-12-13-7)10(15)14-4-2-3-8(6-14)11(16)17/h5,8H,2-4,6H2,1H3,(H,12,13)(H,16,17). The second kappa shape index (κ2) is 4.57. The predicted molar refractivity (Wildman–Crippen MR) is 59.6 cm³/mol. The number of likely N-dealkylation sites (tertiary alicyclic amines) is 1. The molecule has 0 aliphatic carbocycles. The summed E-state index contributed by atoms with van der Waals surface area (Å²) in [4.78, 5) is 24.6. The van der Waals surface area contributed by atoms with E-state index in [1.54, 1.807) is 11.8 Å². The molecule has 1 aliphatic heterocycles. The summed E-state index contributed by atoms with van der Waals surface area (Å²) in [6.07, 6.45) is 2.87. The molecule has 1 saturated heterocycles. The first kappa shape index (κ1) is 11.6. The highest BCUT2D eigenvalue weighted by Gasteiger charge is 2.29. The van der Waals surface area contributed by atoms with Gasteiger partial charge in [-0.15, -0.1) is 0 Å². The van der Waals surface area contributed by atoms with Crippen LogP contribution in [0.15, 0.2) is 6.20 Å². The summed E-state index contributed by atoms with van der Waals surface area (Å²) < 4.78 is 0. The number of nitrogens with zero attached hydrogens (tertiary/aromatic N) is 2. The van der Waals surface area contributed by atoms with Crippen molar-refractivity contribution in [2.45, 2.75) is 19.8 Å². The number of piperidine rings is 1. The Kier molecular flexibility index (Phi) is 3.12. The summed E-state index contributed by atoms with van der Waals surface area (Å²) in [6.45, 7) is 2.69. The van der Waals surface area contributed by atoms with Crippen LogP contribution >= 0.6 is 0 Å². The van der Waals surface area contributed by atoms with Crippen LogP contribution in [0.4, 0.5) is 0 Å². The molecule has 0 bridgehead atoms. The van der Waals surface area contributed by atoms with Crippen LogP contribution in [0.25, 0.3) is 0 Å². The van der Waals surface area contributed by atoms with E-state index >= 15 is 0 Å². The lowest BCUT2D eigenvalue weighted by Crippen LogP contribution is -2.42. The Morgan fingerprint density at radius 2 is 2.35 bits per heavy atom. The quantitative estimate of drug-likeness (QED) is 0.791. The van der Waals surface area contributed by atoms with Gasteiger partial charge in [0.1, 0.15) is 0 Å². The van der Waals surface area contributed by atoms with Gasteiger partial charge in [0.05, 0.1) is 17.7 Å². The van der Waals surface area contributed by atoms with E-state index in [1.807, 2.05) is 0 Å². The molecule has 1 amide bonds. The number of aromatic nitrogens is 2. The number of carbonyl (C=O) groups excluding carboxylic acids is 1. The number of hydrogen-bond acceptors (Lipinski definition) is 3. The number of carboxylic acids is 1. The van der Waals surface area contributed by atoms with E-state index in [4.69, 9.17) is 5.11 Å². The maximum absolute atomic E-state index is 12.1. The molecule has 17 heavy (non-hydrogen) atoms. The average molecular weight is 237 g/mol. The minimum atomic E-state index is -0.827. The van der Waals surface area contributed by atoms with Crippen molar-refractivity contribution in [2.24, 2.45) is 5.92 Å². The number of nitrogens with one attached hydrogen (secondary N) is 1. The van der Waals surface area contributed by atoms with Gasteiger partial charge < -0.3 is 10.0 Å². The van der Waals surface area contributed by atoms with Crippen LogP contribution in [-0.2, 0) is 4.79 Å². The zero-order valence-corrected chi connectivity index (χ0v) is 9.64. The largest absolute Gasteiger partial charge is 0.481 e. The van der Waals surface area contributed by atoms with Gasteiger partial charge in [-0.2, -0.15) is 5.10 Å². The van der Waals surface area contributed by atoms with Crippen LogP contribution in [-0.4, -0.2) is 45.2 Å². The lowest BCUT2D eigenvalue weighted by molar-refractivity contribution is -0.143. The Hall–Kier alpha value is -1.85. The number of carboxylic acid groups (broad SMARTS) is 1. The summed E-state index contributed by atoms with van der Waals surface area (Å²) in [5.41, 5.74) is 1.24. The van der Waals surface area contributed by atoms with Gasteiger partial charge in [0.15, 0.2) is 0 Å². The van der Waals surface area contributed by atoms with E-state index in [2.05, 4.69) is 10.2 Å². The fourth-order valence-corrected chi connectivity index (χ4v) is 2.10. The number of rotatable bonds is 2. The van der Waals surface area contributed by atoms with Crippen molar-refractivity contribution in [3.8, 4) is 0 Å². The van der Waals surface area contributed by atoms with E-state index < -0.39 is 11.9 Å². The third-order valence-electron chi connectivity index (χ3n) is 3.12. The molecule has 1 aromatic rings. The zero-order valence-electron chi connectivity index (χ0n) is 9.64. The third kappa shape index (κ3) is 2.30. The molecule has 0 saturated carbocycles. The number of carbonyl (C=O) groups is 2. The third-order valence-corrected chi connectivity index (χ3v) is 3.12. The van der Waals surface area contributed by atoms with E-state index in [1.165, 1.54) is 6.20 Å². The van der Waals surface area contributed by atoms with Crippen LogP contribution in [0.1, 0.15) is 28.9 Å². The Labute approximate surface area is 98.6 Å². The molecular weight excluding hydrogens is 222 g/mol. The average Bonchev–Trinajstić information content (AvgIpc) is 2.74. The van der Waals surface area contributed by atoms with Gasteiger partial charge in [-0.1, -0.05) is 0 Å². The smallest absolute Gasteiger partial charge is 0.308 e. The Balaban J connectivity index is 2.10. The summed E-state index contributed by atoms with van der Waals surface area (Å²) in [6, 6.07) is 0. The predicted octanol–water partition coefficient (Wildman–Crippen LogP) is 0.655. The molecule has 1 aromatic heterocycles. The van der Waals surface area contributed by atoms with Crippen molar-refractivity contribution in [1.82, 2.24) is 15.1 Å². The zero-order chi connectivity index (χ0) is 12.4. The summed E-state index contributed by atoms with van der Waals surface area (Å²) >= 11 is 0. The number of aliphatic carboxylic acids is 1. The first-order valence-electron chi connectivity index (χ1n) is 5.61. The maximum atomic E-state index is 12.1. The van der Waals surface area contributed by atoms with Crippen LogP contribution < -0.4 is 0 Å². The molecule has 6 heteroatoms. The Morgan fingerprint density at radius 1 is 1.59 bits per heavy atom. The van der Waals surface area contributed by atoms with Crippen molar-refractivity contribution in [3.63, 3.8) is 0 Å². The molecule has 1 fully saturated rings. The summed E-state index contributed by atoms with van der Waals surface area (Å²) in [7, 11) is 0. The molecule has 6 nitrogen and oxygen atoms in total. The molecule has 1 atom stereocenters. The van der Waals surface area contributed by atoms with Gasteiger partial charge in [0, 0.05) is 18.8 Å². The van der Waals surface area contributed by atoms with Gasteiger partial charge in [0.25, 0.3) is 5.91 Å². The lowest BCUT2D eigenvalue weighted by atomic mass is 9.98. The first-order valence-corrected chi connectivity index (χ1v) is 5.61. The minimum absolute atomic E-state index is 0.137. The Bertz CT molecular complexity index is 441. The van der Waals surface area contributed by atoms with Crippen molar-refractivity contribution in [1.29, 1.82) is 0 Å². The number of aromatic amines is 1. The molecule has 92 valence electrons. The van der Waals surface area contributed by atoms with E-state index in [0.717, 1.165) is 6.42 Å². The van der Waals surface area contributed by atoms with Gasteiger partial charge in [0.2, 0.25) is 0 Å². The number of H-pyrrole nitrogens is 1. The van der Waals surface area contributed by atoms with Gasteiger partial charge in [-0.25, -0.2) is 0 Å².